The fourth-order valence-corrected chi connectivity index (χ4v) is 3.75. The van der Waals surface area contributed by atoms with Crippen molar-refractivity contribution in [3.63, 3.8) is 0 Å². The number of benzene rings is 1. The number of rotatable bonds is 4. The minimum atomic E-state index is -0.191. The van der Waals surface area contributed by atoms with Crippen molar-refractivity contribution in [2.24, 2.45) is 5.92 Å². The first-order valence-corrected chi connectivity index (χ1v) is 10.6. The van der Waals surface area contributed by atoms with Gasteiger partial charge in [0.25, 0.3) is 0 Å². The molecule has 5 rings (SSSR count). The number of fused-ring (bicyclic) bond motifs is 1. The fourth-order valence-electron chi connectivity index (χ4n) is 3.75. The number of amides is 3. The quantitative estimate of drug-likeness (QED) is 0.656. The van der Waals surface area contributed by atoms with Gasteiger partial charge in [-0.2, -0.15) is 14.8 Å². The molecule has 162 valence electrons. The molecular formula is C22H22N8O2. The number of carbonyl (C=O) groups is 2. The van der Waals surface area contributed by atoms with Crippen molar-refractivity contribution in [3.8, 4) is 6.07 Å². The molecule has 3 heterocycles. The summed E-state index contributed by atoms with van der Waals surface area (Å²) in [5, 5.41) is 19.1. The van der Waals surface area contributed by atoms with E-state index in [0.717, 1.165) is 18.7 Å². The first-order chi connectivity index (χ1) is 15.6. The summed E-state index contributed by atoms with van der Waals surface area (Å²) in [4.78, 5) is 33.0. The smallest absolute Gasteiger partial charge is 0.321 e. The van der Waals surface area contributed by atoms with E-state index in [2.05, 4.69) is 31.7 Å². The van der Waals surface area contributed by atoms with Crippen molar-refractivity contribution in [2.75, 3.05) is 41.7 Å². The summed E-state index contributed by atoms with van der Waals surface area (Å²) < 4.78 is 1.73. The molecular weight excluding hydrogens is 408 g/mol. The number of urea groups is 1. The van der Waals surface area contributed by atoms with Crippen LogP contribution in [0.1, 0.15) is 18.4 Å². The lowest BCUT2D eigenvalue weighted by molar-refractivity contribution is -0.117. The molecule has 2 N–H and O–H groups in total. The Bertz CT molecular complexity index is 1220. The number of aromatic nitrogens is 3. The molecule has 0 spiro atoms. The van der Waals surface area contributed by atoms with E-state index >= 15 is 0 Å². The zero-order valence-electron chi connectivity index (χ0n) is 17.4. The largest absolute Gasteiger partial charge is 0.353 e. The van der Waals surface area contributed by atoms with Crippen LogP contribution in [0.15, 0.2) is 42.5 Å². The molecule has 2 fully saturated rings. The number of hydrogen-bond donors (Lipinski definition) is 2. The van der Waals surface area contributed by atoms with Crippen molar-refractivity contribution >= 4 is 35.0 Å². The van der Waals surface area contributed by atoms with Gasteiger partial charge in [-0.25, -0.2) is 4.79 Å². The van der Waals surface area contributed by atoms with Gasteiger partial charge < -0.3 is 15.1 Å². The SMILES string of the molecule is N#Cc1cccc(NC(=O)N2CCN(c3cccc4nc(NC(=O)C5CC5)nn34)CC2)c1. The lowest BCUT2D eigenvalue weighted by Gasteiger charge is -2.35. The number of piperazine rings is 1. The van der Waals surface area contributed by atoms with Gasteiger partial charge in [0.15, 0.2) is 5.65 Å². The summed E-state index contributed by atoms with van der Waals surface area (Å²) in [5.41, 5.74) is 1.76. The number of hydrogen-bond acceptors (Lipinski definition) is 6. The normalized spacial score (nSPS) is 16.0. The highest BCUT2D eigenvalue weighted by molar-refractivity contribution is 5.92. The lowest BCUT2D eigenvalue weighted by Crippen LogP contribution is -2.50. The fraction of sp³-hybridized carbons (Fsp3) is 0.318. The summed E-state index contributed by atoms with van der Waals surface area (Å²) >= 11 is 0. The Labute approximate surface area is 184 Å². The third-order valence-electron chi connectivity index (χ3n) is 5.66. The number of nitriles is 1. The zero-order chi connectivity index (χ0) is 22.1. The minimum Gasteiger partial charge on any atom is -0.353 e. The number of carbonyl (C=O) groups excluding carboxylic acids is 2. The van der Waals surface area contributed by atoms with Crippen molar-refractivity contribution in [2.45, 2.75) is 12.8 Å². The van der Waals surface area contributed by atoms with Crippen LogP contribution in [0, 0.1) is 17.2 Å². The first kappa shape index (κ1) is 19.8. The third kappa shape index (κ3) is 4.05. The lowest BCUT2D eigenvalue weighted by atomic mass is 10.2. The molecule has 10 heteroatoms. The van der Waals surface area contributed by atoms with Gasteiger partial charge in [0.1, 0.15) is 5.82 Å². The summed E-state index contributed by atoms with van der Waals surface area (Å²) in [6, 6.07) is 14.4. The average molecular weight is 430 g/mol. The molecule has 1 aliphatic heterocycles. The third-order valence-corrected chi connectivity index (χ3v) is 5.66. The van der Waals surface area contributed by atoms with Crippen LogP contribution in [-0.2, 0) is 4.79 Å². The summed E-state index contributed by atoms with van der Waals surface area (Å²) in [6.45, 7) is 2.35. The van der Waals surface area contributed by atoms with Crippen LogP contribution in [0.2, 0.25) is 0 Å². The Kier molecular flexibility index (Phi) is 5.07. The Balaban J connectivity index is 1.24. The molecule has 0 atom stereocenters. The summed E-state index contributed by atoms with van der Waals surface area (Å²) in [5.74, 6) is 1.24. The van der Waals surface area contributed by atoms with Crippen molar-refractivity contribution in [1.29, 1.82) is 5.26 Å². The highest BCUT2D eigenvalue weighted by Crippen LogP contribution is 2.30. The molecule has 3 amide bonds. The molecule has 3 aromatic rings. The maximum Gasteiger partial charge on any atom is 0.321 e. The van der Waals surface area contributed by atoms with E-state index in [0.29, 0.717) is 49.0 Å². The molecule has 1 aromatic carbocycles. The topological polar surface area (TPSA) is 119 Å². The zero-order valence-corrected chi connectivity index (χ0v) is 17.4. The van der Waals surface area contributed by atoms with Crippen LogP contribution >= 0.6 is 0 Å². The second-order valence-corrected chi connectivity index (χ2v) is 7.95. The maximum absolute atomic E-state index is 12.6. The van der Waals surface area contributed by atoms with Gasteiger partial charge in [-0.15, -0.1) is 5.10 Å². The molecule has 2 aliphatic rings. The van der Waals surface area contributed by atoms with Gasteiger partial charge in [-0.1, -0.05) is 12.1 Å². The molecule has 0 bridgehead atoms. The molecule has 2 aromatic heterocycles. The number of nitrogens with one attached hydrogen (secondary N) is 2. The Morgan fingerprint density at radius 1 is 1.03 bits per heavy atom. The highest BCUT2D eigenvalue weighted by Gasteiger charge is 2.30. The Morgan fingerprint density at radius 2 is 1.81 bits per heavy atom. The monoisotopic (exact) mass is 430 g/mol. The van der Waals surface area contributed by atoms with Gasteiger partial charge >= 0.3 is 6.03 Å². The van der Waals surface area contributed by atoms with Crippen molar-refractivity contribution in [1.82, 2.24) is 19.5 Å². The van der Waals surface area contributed by atoms with Crippen LogP contribution in [0.25, 0.3) is 5.65 Å². The van der Waals surface area contributed by atoms with E-state index in [1.54, 1.807) is 33.7 Å². The van der Waals surface area contributed by atoms with Gasteiger partial charge in [-0.05, 0) is 43.2 Å². The molecule has 1 aliphatic carbocycles. The van der Waals surface area contributed by atoms with E-state index in [4.69, 9.17) is 5.26 Å². The molecule has 0 radical (unpaired) electrons. The molecule has 1 saturated heterocycles. The van der Waals surface area contributed by atoms with Gasteiger partial charge in [0.05, 0.1) is 11.6 Å². The van der Waals surface area contributed by atoms with Crippen molar-refractivity contribution < 1.29 is 9.59 Å². The molecule has 1 saturated carbocycles. The minimum absolute atomic E-state index is 0.0256. The standard InChI is InChI=1S/C22H22N8O2/c23-14-15-3-1-4-17(13-15)24-22(32)29-11-9-28(10-12-29)19-6-2-5-18-25-21(27-30(18)19)26-20(31)16-7-8-16/h1-6,13,16H,7-12H2,(H,24,32)(H,26,27,31). The van der Waals surface area contributed by atoms with E-state index < -0.39 is 0 Å². The second kappa shape index (κ2) is 8.19. The summed E-state index contributed by atoms with van der Waals surface area (Å²) in [7, 11) is 0. The Morgan fingerprint density at radius 3 is 2.56 bits per heavy atom. The van der Waals surface area contributed by atoms with E-state index in [1.165, 1.54) is 0 Å². The second-order valence-electron chi connectivity index (χ2n) is 7.95. The number of nitrogens with zero attached hydrogens (tertiary/aromatic N) is 6. The number of anilines is 3. The van der Waals surface area contributed by atoms with Crippen molar-refractivity contribution in [3.05, 3.63) is 48.0 Å². The highest BCUT2D eigenvalue weighted by atomic mass is 16.2. The maximum atomic E-state index is 12.6. The average Bonchev–Trinajstić information content (AvgIpc) is 3.59. The summed E-state index contributed by atoms with van der Waals surface area (Å²) in [6.07, 6.45) is 1.85. The van der Waals surface area contributed by atoms with Crippen LogP contribution < -0.4 is 15.5 Å². The van der Waals surface area contributed by atoms with Gasteiger partial charge in [-0.3, -0.25) is 10.1 Å². The van der Waals surface area contributed by atoms with Crippen LogP contribution in [-0.4, -0.2) is 57.6 Å². The van der Waals surface area contributed by atoms with Crippen LogP contribution in [0.5, 0.6) is 0 Å². The van der Waals surface area contributed by atoms with E-state index in [1.807, 2.05) is 18.2 Å². The molecule has 0 unspecified atom stereocenters. The predicted molar refractivity (Wildman–Crippen MR) is 118 cm³/mol. The first-order valence-electron chi connectivity index (χ1n) is 10.6. The van der Waals surface area contributed by atoms with E-state index in [9.17, 15) is 9.59 Å². The Hall–Kier alpha value is -4.13. The van der Waals surface area contributed by atoms with Crippen LogP contribution in [0.4, 0.5) is 22.2 Å². The molecule has 32 heavy (non-hydrogen) atoms. The van der Waals surface area contributed by atoms with Gasteiger partial charge in [0.2, 0.25) is 11.9 Å². The predicted octanol–water partition coefficient (Wildman–Crippen LogP) is 2.30. The van der Waals surface area contributed by atoms with Gasteiger partial charge in [0, 0.05) is 37.8 Å². The molecule has 10 nitrogen and oxygen atoms in total. The number of pyridine rings is 1. The van der Waals surface area contributed by atoms with E-state index in [-0.39, 0.29) is 17.9 Å². The van der Waals surface area contributed by atoms with Crippen LogP contribution in [0.3, 0.4) is 0 Å².